The summed E-state index contributed by atoms with van der Waals surface area (Å²) in [5.41, 5.74) is 0. The number of carbonyl (C=O) groups excluding carboxylic acids is 1. The van der Waals surface area contributed by atoms with Gasteiger partial charge in [0.25, 0.3) is 0 Å². The molecule has 5 atom stereocenters. The van der Waals surface area contributed by atoms with Gasteiger partial charge in [0.15, 0.2) is 6.29 Å². The van der Waals surface area contributed by atoms with Gasteiger partial charge in [0.1, 0.15) is 31.0 Å². The van der Waals surface area contributed by atoms with Gasteiger partial charge in [-0.3, -0.25) is 4.79 Å². The smallest absolute Gasteiger partial charge is 0.305 e. The molecule has 0 radical (unpaired) electrons. The van der Waals surface area contributed by atoms with E-state index < -0.39 is 30.7 Å². The van der Waals surface area contributed by atoms with Crippen LogP contribution in [0.1, 0.15) is 90.9 Å². The molecule has 7 heteroatoms. The van der Waals surface area contributed by atoms with Gasteiger partial charge in [-0.05, 0) is 44.9 Å². The van der Waals surface area contributed by atoms with Gasteiger partial charge in [-0.2, -0.15) is 0 Å². The Bertz CT molecular complexity index is 616. The zero-order valence-corrected chi connectivity index (χ0v) is 21.7. The van der Waals surface area contributed by atoms with Crippen LogP contribution in [-0.2, 0) is 19.0 Å². The summed E-state index contributed by atoms with van der Waals surface area (Å²) in [6.07, 6.45) is 18.4. The first-order chi connectivity index (χ1) is 17.0. The first-order valence-electron chi connectivity index (χ1n) is 13.4. The first-order valence-corrected chi connectivity index (χ1v) is 13.4. The van der Waals surface area contributed by atoms with Crippen molar-refractivity contribution in [2.75, 3.05) is 13.2 Å². The van der Waals surface area contributed by atoms with Crippen molar-refractivity contribution in [2.24, 2.45) is 0 Å². The topological polar surface area (TPSA) is 105 Å². The van der Waals surface area contributed by atoms with Crippen LogP contribution in [0.25, 0.3) is 0 Å². The SMILES string of the molecule is CCC=CCC=CCC=CCCCCCCCC(=O)OC[C@H]1OC(OCCCC)[C@H](O)[C@@H](O)[C@@H]1O. The summed E-state index contributed by atoms with van der Waals surface area (Å²) in [5.74, 6) is -0.356. The molecule has 0 aromatic rings. The van der Waals surface area contributed by atoms with Gasteiger partial charge < -0.3 is 29.5 Å². The molecule has 202 valence electrons. The number of esters is 1. The lowest BCUT2D eigenvalue weighted by atomic mass is 9.99. The zero-order chi connectivity index (χ0) is 25.7. The molecular weight excluding hydrogens is 448 g/mol. The van der Waals surface area contributed by atoms with E-state index in [4.69, 9.17) is 14.2 Å². The molecule has 0 amide bonds. The molecule has 1 fully saturated rings. The molecule has 0 saturated carbocycles. The van der Waals surface area contributed by atoms with Gasteiger partial charge in [-0.1, -0.05) is 76.0 Å². The number of hydrogen-bond donors (Lipinski definition) is 3. The molecule has 1 saturated heterocycles. The fraction of sp³-hybridized carbons (Fsp3) is 0.750. The largest absolute Gasteiger partial charge is 0.463 e. The van der Waals surface area contributed by atoms with Crippen molar-refractivity contribution in [3.8, 4) is 0 Å². The maximum absolute atomic E-state index is 12.0. The summed E-state index contributed by atoms with van der Waals surface area (Å²) in [6, 6.07) is 0. The van der Waals surface area contributed by atoms with E-state index in [9.17, 15) is 20.1 Å². The van der Waals surface area contributed by atoms with Gasteiger partial charge >= 0.3 is 5.97 Å². The second-order valence-electron chi connectivity index (χ2n) is 9.02. The van der Waals surface area contributed by atoms with Crippen molar-refractivity contribution in [2.45, 2.75) is 122 Å². The summed E-state index contributed by atoms with van der Waals surface area (Å²) < 4.78 is 16.2. The lowest BCUT2D eigenvalue weighted by Gasteiger charge is -2.39. The third kappa shape index (κ3) is 14.6. The highest BCUT2D eigenvalue weighted by atomic mass is 16.7. The van der Waals surface area contributed by atoms with Gasteiger partial charge in [0, 0.05) is 13.0 Å². The predicted octanol–water partition coefficient (Wildman–Crippen LogP) is 4.74. The minimum atomic E-state index is -1.42. The first kappa shape index (κ1) is 31.5. The lowest BCUT2D eigenvalue weighted by molar-refractivity contribution is -0.301. The summed E-state index contributed by atoms with van der Waals surface area (Å²) in [5, 5.41) is 30.2. The van der Waals surface area contributed by atoms with E-state index in [1.807, 2.05) is 6.92 Å². The molecule has 1 aliphatic heterocycles. The zero-order valence-electron chi connectivity index (χ0n) is 21.7. The van der Waals surface area contributed by atoms with Crippen LogP contribution in [0.15, 0.2) is 36.5 Å². The molecule has 1 heterocycles. The molecule has 0 aromatic heterocycles. The third-order valence-electron chi connectivity index (χ3n) is 5.89. The Kier molecular flexibility index (Phi) is 18.6. The highest BCUT2D eigenvalue weighted by Crippen LogP contribution is 2.23. The van der Waals surface area contributed by atoms with E-state index >= 15 is 0 Å². The molecule has 7 nitrogen and oxygen atoms in total. The molecule has 35 heavy (non-hydrogen) atoms. The maximum atomic E-state index is 12.0. The van der Waals surface area contributed by atoms with Gasteiger partial charge in [0.05, 0.1) is 0 Å². The van der Waals surface area contributed by atoms with Gasteiger partial charge in [0.2, 0.25) is 0 Å². The second kappa shape index (κ2) is 20.7. The van der Waals surface area contributed by atoms with Crippen LogP contribution in [0.2, 0.25) is 0 Å². The van der Waals surface area contributed by atoms with Crippen LogP contribution in [0.3, 0.4) is 0 Å². The van der Waals surface area contributed by atoms with Crippen molar-refractivity contribution >= 4 is 5.97 Å². The highest BCUT2D eigenvalue weighted by Gasteiger charge is 2.44. The number of unbranched alkanes of at least 4 members (excludes halogenated alkanes) is 6. The second-order valence-corrected chi connectivity index (χ2v) is 9.02. The number of carbonyl (C=O) groups is 1. The van der Waals surface area contributed by atoms with E-state index in [0.717, 1.165) is 70.6 Å². The Morgan fingerprint density at radius 2 is 1.46 bits per heavy atom. The quantitative estimate of drug-likeness (QED) is 0.135. The number of aliphatic hydroxyl groups is 3. The number of ether oxygens (including phenoxy) is 3. The van der Waals surface area contributed by atoms with Crippen LogP contribution in [0.4, 0.5) is 0 Å². The molecule has 1 rings (SSSR count). The van der Waals surface area contributed by atoms with Crippen LogP contribution in [-0.4, -0.2) is 65.2 Å². The predicted molar refractivity (Wildman–Crippen MR) is 138 cm³/mol. The van der Waals surface area contributed by atoms with E-state index in [1.54, 1.807) is 0 Å². The van der Waals surface area contributed by atoms with Gasteiger partial charge in [-0.15, -0.1) is 0 Å². The van der Waals surface area contributed by atoms with E-state index in [0.29, 0.717) is 13.0 Å². The number of allylic oxidation sites excluding steroid dienone is 6. The molecule has 0 aliphatic carbocycles. The maximum Gasteiger partial charge on any atom is 0.305 e. The minimum absolute atomic E-state index is 0.186. The molecule has 0 bridgehead atoms. The molecule has 1 unspecified atom stereocenters. The summed E-state index contributed by atoms with van der Waals surface area (Å²) in [6.45, 7) is 4.33. The average molecular weight is 497 g/mol. The van der Waals surface area contributed by atoms with E-state index in [1.165, 1.54) is 0 Å². The van der Waals surface area contributed by atoms with E-state index in [2.05, 4.69) is 43.4 Å². The number of rotatable bonds is 19. The third-order valence-corrected chi connectivity index (χ3v) is 5.89. The van der Waals surface area contributed by atoms with Crippen molar-refractivity contribution in [3.63, 3.8) is 0 Å². The van der Waals surface area contributed by atoms with Gasteiger partial charge in [-0.25, -0.2) is 0 Å². The fourth-order valence-corrected chi connectivity index (χ4v) is 3.67. The lowest BCUT2D eigenvalue weighted by Crippen LogP contribution is -2.59. The van der Waals surface area contributed by atoms with Crippen molar-refractivity contribution in [3.05, 3.63) is 36.5 Å². The van der Waals surface area contributed by atoms with Crippen LogP contribution in [0, 0.1) is 0 Å². The molecule has 0 spiro atoms. The van der Waals surface area contributed by atoms with Crippen LogP contribution in [0.5, 0.6) is 0 Å². The Hall–Kier alpha value is -1.51. The summed E-state index contributed by atoms with van der Waals surface area (Å²) >= 11 is 0. The van der Waals surface area contributed by atoms with Crippen molar-refractivity contribution in [1.29, 1.82) is 0 Å². The number of aliphatic hydroxyl groups excluding tert-OH is 3. The highest BCUT2D eigenvalue weighted by molar-refractivity contribution is 5.69. The summed E-state index contributed by atoms with van der Waals surface area (Å²) in [4.78, 5) is 12.0. The molecular formula is C28H48O7. The molecule has 3 N–H and O–H groups in total. The fourth-order valence-electron chi connectivity index (χ4n) is 3.67. The average Bonchev–Trinajstić information content (AvgIpc) is 2.85. The Morgan fingerprint density at radius 1 is 0.800 bits per heavy atom. The molecule has 0 aromatic carbocycles. The van der Waals surface area contributed by atoms with Crippen molar-refractivity contribution in [1.82, 2.24) is 0 Å². The Labute approximate surface area is 211 Å². The normalized spacial score (nSPS) is 25.2. The monoisotopic (exact) mass is 496 g/mol. The standard InChI is InChI=1S/C28H48O7/c1-3-5-7-8-9-10-11-12-13-14-15-16-17-18-19-20-24(29)34-22-23-25(30)26(31)27(32)28(35-23)33-21-6-4-2/h5,7,9-10,12-13,23,25-28,30-32H,3-4,6,8,11,14-22H2,1-2H3/t23-,25-,26+,27-,28?/m1/s1. The summed E-state index contributed by atoms with van der Waals surface area (Å²) in [7, 11) is 0. The Morgan fingerprint density at radius 3 is 2.17 bits per heavy atom. The van der Waals surface area contributed by atoms with Crippen LogP contribution >= 0.6 is 0 Å². The number of hydrogen-bond acceptors (Lipinski definition) is 7. The Balaban J connectivity index is 2.09. The minimum Gasteiger partial charge on any atom is -0.463 e. The molecule has 1 aliphatic rings. The van der Waals surface area contributed by atoms with Crippen molar-refractivity contribution < 1.29 is 34.3 Å². The van der Waals surface area contributed by atoms with Crippen LogP contribution < -0.4 is 0 Å². The van der Waals surface area contributed by atoms with E-state index in [-0.39, 0.29) is 12.6 Å².